The topological polar surface area (TPSA) is 38.0 Å². The molecule has 256 valence electrons. The van der Waals surface area contributed by atoms with Gasteiger partial charge in [0.25, 0.3) is 0 Å². The molecule has 0 saturated carbocycles. The molecular weight excluding hydrogens is 617 g/mol. The molecule has 1 atom stereocenters. The molecule has 0 heterocycles. The molecule has 0 aromatic heterocycles. The molecule has 6 rings (SSSR count). The summed E-state index contributed by atoms with van der Waals surface area (Å²) in [5, 5.41) is 6.00. The normalized spacial score (nSPS) is 12.1. The van der Waals surface area contributed by atoms with E-state index in [0.717, 1.165) is 28.9 Å². The largest absolute Gasteiger partial charge is 0.398 e. The van der Waals surface area contributed by atoms with Crippen molar-refractivity contribution < 1.29 is 0 Å². The molecular formula is C49H50N2. The van der Waals surface area contributed by atoms with Crippen molar-refractivity contribution in [2.24, 2.45) is 5.92 Å². The van der Waals surface area contributed by atoms with Gasteiger partial charge in [-0.05, 0) is 108 Å². The Morgan fingerprint density at radius 1 is 0.725 bits per heavy atom. The monoisotopic (exact) mass is 666 g/mol. The summed E-state index contributed by atoms with van der Waals surface area (Å²) in [6.07, 6.45) is 13.4. The van der Waals surface area contributed by atoms with Gasteiger partial charge in [-0.15, -0.1) is 0 Å². The predicted octanol–water partition coefficient (Wildman–Crippen LogP) is 13.3. The zero-order valence-corrected chi connectivity index (χ0v) is 30.7. The van der Waals surface area contributed by atoms with Gasteiger partial charge in [0, 0.05) is 28.5 Å². The fourth-order valence-electron chi connectivity index (χ4n) is 6.46. The Labute approximate surface area is 305 Å². The van der Waals surface area contributed by atoms with Crippen LogP contribution in [0.2, 0.25) is 0 Å². The van der Waals surface area contributed by atoms with Crippen LogP contribution in [-0.2, 0) is 6.42 Å². The van der Waals surface area contributed by atoms with Gasteiger partial charge in [0.05, 0.1) is 0 Å². The summed E-state index contributed by atoms with van der Waals surface area (Å²) in [5.74, 6) is 0.466. The average Bonchev–Trinajstić information content (AvgIpc) is 3.14. The standard InChI is InChI=1S/C29H27N.C20H23N/c1-4-10-25(20-30-29-16-9-13-23-12-6-8-15-27(23)29)24-18-17-22(3)28(19-24)26-14-7-5-11-21(26)2;1-4-5-8-15(2)13-17-14-16(3)11-12-18(17)19-9-6-7-10-20(19)21/h4-20,30H,1-3H3;4-12,14-15H,1,13,21H2,2-3H3/b10-4-,25-20+;8-5-. The Hall–Kier alpha value is -5.86. The number of rotatable bonds is 10. The molecule has 0 saturated heterocycles. The van der Waals surface area contributed by atoms with Crippen molar-refractivity contribution in [3.63, 3.8) is 0 Å². The first-order valence-corrected chi connectivity index (χ1v) is 17.8. The third kappa shape index (κ3) is 9.44. The third-order valence-corrected chi connectivity index (χ3v) is 9.15. The molecule has 0 aliphatic carbocycles. The second kappa shape index (κ2) is 17.7. The Kier molecular flexibility index (Phi) is 12.6. The number of benzene rings is 6. The number of para-hydroxylation sites is 1. The lowest BCUT2D eigenvalue weighted by Gasteiger charge is -2.15. The van der Waals surface area contributed by atoms with Crippen molar-refractivity contribution in [2.45, 2.75) is 41.0 Å². The second-order valence-electron chi connectivity index (χ2n) is 13.2. The second-order valence-corrected chi connectivity index (χ2v) is 13.2. The summed E-state index contributed by atoms with van der Waals surface area (Å²) >= 11 is 0. The van der Waals surface area contributed by atoms with Gasteiger partial charge in [-0.1, -0.05) is 159 Å². The number of hydrogen-bond acceptors (Lipinski definition) is 2. The molecule has 0 fully saturated rings. The van der Waals surface area contributed by atoms with Gasteiger partial charge in [-0.3, -0.25) is 0 Å². The summed E-state index contributed by atoms with van der Waals surface area (Å²) in [5.41, 5.74) is 20.6. The van der Waals surface area contributed by atoms with Gasteiger partial charge in [0.1, 0.15) is 0 Å². The van der Waals surface area contributed by atoms with Gasteiger partial charge in [0.15, 0.2) is 0 Å². The number of anilines is 2. The maximum atomic E-state index is 6.14. The Bertz CT molecular complexity index is 2190. The van der Waals surface area contributed by atoms with Crippen molar-refractivity contribution in [3.8, 4) is 22.3 Å². The van der Waals surface area contributed by atoms with E-state index in [4.69, 9.17) is 5.73 Å². The number of nitrogens with two attached hydrogens (primary N) is 1. The molecule has 6 aromatic carbocycles. The maximum Gasteiger partial charge on any atom is 0.0459 e. The first-order chi connectivity index (χ1) is 24.8. The van der Waals surface area contributed by atoms with E-state index in [1.807, 2.05) is 30.4 Å². The van der Waals surface area contributed by atoms with Gasteiger partial charge in [0.2, 0.25) is 0 Å². The van der Waals surface area contributed by atoms with Gasteiger partial charge in [-0.2, -0.15) is 0 Å². The van der Waals surface area contributed by atoms with Crippen LogP contribution in [0, 0.1) is 26.7 Å². The summed E-state index contributed by atoms with van der Waals surface area (Å²) in [6, 6.07) is 44.8. The summed E-state index contributed by atoms with van der Waals surface area (Å²) < 4.78 is 0. The number of hydrogen-bond donors (Lipinski definition) is 2. The van der Waals surface area contributed by atoms with E-state index in [2.05, 4.69) is 180 Å². The van der Waals surface area contributed by atoms with E-state index in [1.165, 1.54) is 55.3 Å². The van der Waals surface area contributed by atoms with Crippen LogP contribution in [0.15, 0.2) is 171 Å². The van der Waals surface area contributed by atoms with E-state index in [-0.39, 0.29) is 0 Å². The number of nitrogens with one attached hydrogen (secondary N) is 1. The maximum absolute atomic E-state index is 6.14. The zero-order chi connectivity index (χ0) is 36.2. The summed E-state index contributed by atoms with van der Waals surface area (Å²) in [4.78, 5) is 0. The van der Waals surface area contributed by atoms with E-state index in [0.29, 0.717) is 5.92 Å². The lowest BCUT2D eigenvalue weighted by Crippen LogP contribution is -2.00. The average molecular weight is 667 g/mol. The van der Waals surface area contributed by atoms with Crippen LogP contribution in [0.3, 0.4) is 0 Å². The van der Waals surface area contributed by atoms with Crippen LogP contribution < -0.4 is 11.1 Å². The molecule has 2 heteroatoms. The minimum Gasteiger partial charge on any atom is -0.398 e. The van der Waals surface area contributed by atoms with E-state index < -0.39 is 0 Å². The molecule has 2 nitrogen and oxygen atoms in total. The molecule has 3 N–H and O–H groups in total. The highest BCUT2D eigenvalue weighted by molar-refractivity contribution is 5.95. The SMILES string of the molecule is C/C=C\C(=C/Nc1cccc2ccccc12)c1ccc(C)c(-c2ccccc2C)c1.C=C/C=C\C(C)Cc1cc(C)ccc1-c1ccccc1N. The zero-order valence-electron chi connectivity index (χ0n) is 30.7. The molecule has 0 bridgehead atoms. The first-order valence-electron chi connectivity index (χ1n) is 17.8. The quantitative estimate of drug-likeness (QED) is 0.113. The van der Waals surface area contributed by atoms with E-state index in [1.54, 1.807) is 0 Å². The highest BCUT2D eigenvalue weighted by atomic mass is 14.8. The molecule has 6 aromatic rings. The van der Waals surface area contributed by atoms with Gasteiger partial charge in [-0.25, -0.2) is 0 Å². The highest BCUT2D eigenvalue weighted by Gasteiger charge is 2.11. The van der Waals surface area contributed by atoms with Crippen LogP contribution in [0.25, 0.3) is 38.6 Å². The molecule has 0 amide bonds. The number of aryl methyl sites for hydroxylation is 3. The fourth-order valence-corrected chi connectivity index (χ4v) is 6.46. The molecule has 51 heavy (non-hydrogen) atoms. The molecule has 0 spiro atoms. The lowest BCUT2D eigenvalue weighted by molar-refractivity contribution is 0.724. The van der Waals surface area contributed by atoms with Gasteiger partial charge >= 0.3 is 0 Å². The van der Waals surface area contributed by atoms with Crippen molar-refractivity contribution in [3.05, 3.63) is 198 Å². The predicted molar refractivity (Wildman–Crippen MR) is 225 cm³/mol. The van der Waals surface area contributed by atoms with Crippen molar-refractivity contribution in [2.75, 3.05) is 11.1 Å². The van der Waals surface area contributed by atoms with Crippen LogP contribution in [0.1, 0.15) is 41.7 Å². The summed E-state index contributed by atoms with van der Waals surface area (Å²) in [6.45, 7) is 14.5. The fraction of sp³-hybridized carbons (Fsp3) is 0.143. The van der Waals surface area contributed by atoms with E-state index >= 15 is 0 Å². The minimum atomic E-state index is 0.466. The number of nitrogen functional groups attached to an aromatic ring is 1. The van der Waals surface area contributed by atoms with Crippen molar-refractivity contribution >= 4 is 27.7 Å². The van der Waals surface area contributed by atoms with Crippen molar-refractivity contribution in [1.82, 2.24) is 0 Å². The van der Waals surface area contributed by atoms with Gasteiger partial charge < -0.3 is 11.1 Å². The summed E-state index contributed by atoms with van der Waals surface area (Å²) in [7, 11) is 0. The Balaban J connectivity index is 0.000000211. The van der Waals surface area contributed by atoms with Crippen LogP contribution in [-0.4, -0.2) is 0 Å². The number of fused-ring (bicyclic) bond motifs is 1. The molecule has 1 unspecified atom stereocenters. The van der Waals surface area contributed by atoms with Crippen LogP contribution >= 0.6 is 0 Å². The molecule has 0 radical (unpaired) electrons. The Morgan fingerprint density at radius 2 is 1.43 bits per heavy atom. The Morgan fingerprint density at radius 3 is 2.20 bits per heavy atom. The van der Waals surface area contributed by atoms with Crippen molar-refractivity contribution in [1.29, 1.82) is 0 Å². The van der Waals surface area contributed by atoms with E-state index in [9.17, 15) is 0 Å². The van der Waals surface area contributed by atoms with Crippen LogP contribution in [0.5, 0.6) is 0 Å². The van der Waals surface area contributed by atoms with Crippen LogP contribution in [0.4, 0.5) is 11.4 Å². The first kappa shape index (κ1) is 36.4. The number of allylic oxidation sites excluding steroid dienone is 6. The molecule has 0 aliphatic rings. The molecule has 0 aliphatic heterocycles. The lowest BCUT2D eigenvalue weighted by atomic mass is 9.91. The minimum absolute atomic E-state index is 0.466. The highest BCUT2D eigenvalue weighted by Crippen LogP contribution is 2.32. The third-order valence-electron chi connectivity index (χ3n) is 9.15. The smallest absolute Gasteiger partial charge is 0.0459 e.